The first-order valence-corrected chi connectivity index (χ1v) is 18.9. The third-order valence-electron chi connectivity index (χ3n) is 9.81. The van der Waals surface area contributed by atoms with Crippen molar-refractivity contribution >= 4 is 43.8 Å². The van der Waals surface area contributed by atoms with E-state index in [1.807, 2.05) is 43.5 Å². The van der Waals surface area contributed by atoms with Gasteiger partial charge in [0, 0.05) is 38.5 Å². The molecule has 0 radical (unpaired) electrons. The summed E-state index contributed by atoms with van der Waals surface area (Å²) in [5.74, 6) is 0.681. The van der Waals surface area contributed by atoms with Gasteiger partial charge in [0.2, 0.25) is 0 Å². The number of aromatic nitrogens is 3. The average Bonchev–Trinajstić information content (AvgIpc) is 3.63. The van der Waals surface area contributed by atoms with Crippen molar-refractivity contribution in [2.24, 2.45) is 0 Å². The lowest BCUT2D eigenvalue weighted by molar-refractivity contribution is 1.18. The monoisotopic (exact) mass is 709 g/mol. The summed E-state index contributed by atoms with van der Waals surface area (Å²) in [6.45, 7) is 6.18. The van der Waals surface area contributed by atoms with Gasteiger partial charge in [-0.2, -0.15) is 0 Å². The first-order valence-electron chi connectivity index (χ1n) is 18.1. The summed E-state index contributed by atoms with van der Waals surface area (Å²) in [6.07, 6.45) is 8.05. The molecule has 0 bridgehead atoms. The van der Waals surface area contributed by atoms with Crippen LogP contribution in [-0.4, -0.2) is 15.0 Å². The Bertz CT molecular complexity index is 2850. The Hall–Kier alpha value is -6.75. The summed E-state index contributed by atoms with van der Waals surface area (Å²) >= 11 is 1.79. The van der Waals surface area contributed by atoms with E-state index in [-0.39, 0.29) is 0 Å². The van der Waals surface area contributed by atoms with Gasteiger partial charge in [0.15, 0.2) is 5.82 Å². The molecule has 0 amide bonds. The third kappa shape index (κ3) is 6.34. The van der Waals surface area contributed by atoms with E-state index in [0.717, 1.165) is 72.5 Å². The van der Waals surface area contributed by atoms with Gasteiger partial charge in [-0.15, -0.1) is 11.3 Å². The van der Waals surface area contributed by atoms with Crippen LogP contribution in [0.3, 0.4) is 0 Å². The smallest absolute Gasteiger partial charge is 0.160 e. The van der Waals surface area contributed by atoms with E-state index in [9.17, 15) is 0 Å². The summed E-state index contributed by atoms with van der Waals surface area (Å²) in [5, 5.41) is 1.18. The maximum atomic E-state index is 5.27. The molecular weight excluding hydrogens is 675 g/mol. The van der Waals surface area contributed by atoms with E-state index in [1.54, 1.807) is 11.3 Å². The molecular formula is C50H35N3S. The maximum Gasteiger partial charge on any atom is 0.160 e. The first-order chi connectivity index (χ1) is 26.6. The normalized spacial score (nSPS) is 11.4. The summed E-state index contributed by atoms with van der Waals surface area (Å²) in [6, 6.07) is 55.5. The molecule has 6 aromatic carbocycles. The van der Waals surface area contributed by atoms with Crippen LogP contribution in [0.2, 0.25) is 0 Å². The Labute approximate surface area is 319 Å². The number of nitrogens with zero attached hydrogens (tertiary/aromatic N) is 3. The maximum absolute atomic E-state index is 5.27. The van der Waals surface area contributed by atoms with Crippen LogP contribution in [0.15, 0.2) is 177 Å². The third-order valence-corrected chi connectivity index (χ3v) is 11.0. The second kappa shape index (κ2) is 14.3. The van der Waals surface area contributed by atoms with Gasteiger partial charge in [0.05, 0.1) is 21.6 Å². The molecule has 3 aromatic heterocycles. The number of rotatable bonds is 8. The van der Waals surface area contributed by atoms with Crippen molar-refractivity contribution in [1.82, 2.24) is 15.0 Å². The Morgan fingerprint density at radius 3 is 1.96 bits per heavy atom. The second-order valence-corrected chi connectivity index (χ2v) is 14.3. The molecule has 0 aliphatic heterocycles. The summed E-state index contributed by atoms with van der Waals surface area (Å²) < 4.78 is 2.40. The topological polar surface area (TPSA) is 38.7 Å². The van der Waals surface area contributed by atoms with Gasteiger partial charge in [-0.05, 0) is 94.4 Å². The molecule has 0 fully saturated rings. The molecule has 3 heterocycles. The van der Waals surface area contributed by atoms with Crippen molar-refractivity contribution in [1.29, 1.82) is 0 Å². The molecule has 0 unspecified atom stereocenters. The van der Waals surface area contributed by atoms with Crippen LogP contribution < -0.4 is 0 Å². The zero-order valence-electron chi connectivity index (χ0n) is 29.8. The van der Waals surface area contributed by atoms with Crippen LogP contribution in [-0.2, 0) is 0 Å². The zero-order chi connectivity index (χ0) is 36.4. The first kappa shape index (κ1) is 33.1. The van der Waals surface area contributed by atoms with Crippen LogP contribution in [0.4, 0.5) is 0 Å². The van der Waals surface area contributed by atoms with Crippen molar-refractivity contribution < 1.29 is 0 Å². The molecule has 0 aliphatic carbocycles. The number of fused-ring (bicyclic) bond motifs is 3. The fourth-order valence-corrected chi connectivity index (χ4v) is 8.34. The average molecular weight is 710 g/mol. The lowest BCUT2D eigenvalue weighted by Gasteiger charge is -2.14. The van der Waals surface area contributed by atoms with E-state index in [1.165, 1.54) is 20.3 Å². The predicted molar refractivity (Wildman–Crippen MR) is 230 cm³/mol. The highest BCUT2D eigenvalue weighted by molar-refractivity contribution is 7.26. The van der Waals surface area contributed by atoms with Crippen LogP contribution in [0.5, 0.6) is 0 Å². The Balaban J connectivity index is 1.28. The van der Waals surface area contributed by atoms with Crippen LogP contribution in [0, 0.1) is 0 Å². The number of allylic oxidation sites excluding steroid dienone is 1. The Kier molecular flexibility index (Phi) is 8.80. The van der Waals surface area contributed by atoms with E-state index >= 15 is 0 Å². The van der Waals surface area contributed by atoms with Crippen LogP contribution in [0.1, 0.15) is 18.1 Å². The van der Waals surface area contributed by atoms with Crippen LogP contribution in [0.25, 0.3) is 99.7 Å². The SMILES string of the molecule is C=Cc1cc(-c2cc(-c3cc(-c4cccc(-c5ccccc5)c4)nc(-c4ccccc4)n3)cc(-c3ccnc4c3sc3ccccc34)c2)ccc1/C=C\C. The van der Waals surface area contributed by atoms with Crippen molar-refractivity contribution in [3.63, 3.8) is 0 Å². The van der Waals surface area contributed by atoms with Gasteiger partial charge in [0.1, 0.15) is 0 Å². The van der Waals surface area contributed by atoms with Crippen molar-refractivity contribution in [2.45, 2.75) is 6.92 Å². The molecule has 0 atom stereocenters. The van der Waals surface area contributed by atoms with Crippen molar-refractivity contribution in [3.8, 4) is 67.3 Å². The summed E-state index contributed by atoms with van der Waals surface area (Å²) in [7, 11) is 0. The minimum atomic E-state index is 0.681. The van der Waals surface area contributed by atoms with Gasteiger partial charge in [-0.25, -0.2) is 9.97 Å². The van der Waals surface area contributed by atoms with E-state index < -0.39 is 0 Å². The van der Waals surface area contributed by atoms with Gasteiger partial charge in [-0.1, -0.05) is 134 Å². The molecule has 9 rings (SSSR count). The molecule has 4 heteroatoms. The number of pyridine rings is 1. The van der Waals surface area contributed by atoms with Gasteiger partial charge >= 0.3 is 0 Å². The van der Waals surface area contributed by atoms with E-state index in [4.69, 9.17) is 15.0 Å². The summed E-state index contributed by atoms with van der Waals surface area (Å²) in [4.78, 5) is 15.3. The molecule has 0 spiro atoms. The molecule has 0 aliphatic rings. The van der Waals surface area contributed by atoms with Crippen LogP contribution >= 0.6 is 11.3 Å². The lowest BCUT2D eigenvalue weighted by Crippen LogP contribution is -1.97. The standard InChI is InChI=1S/C50H35N3S/c1-3-14-34-23-24-38(27-33(34)4-2)40-29-41(43-25-26-51-48-44-21-11-12-22-47(44)54-49(43)48)31-42(30-40)46-32-45(52-50(53-46)36-17-9-6-10-18-36)39-20-13-19-37(28-39)35-15-7-5-8-16-35/h3-32H,2H2,1H3/b14-3-. The van der Waals surface area contributed by atoms with E-state index in [2.05, 4.69) is 152 Å². The fraction of sp³-hybridized carbons (Fsp3) is 0.0200. The molecule has 9 aromatic rings. The molecule has 0 N–H and O–H groups in total. The van der Waals surface area contributed by atoms with Gasteiger partial charge in [0.25, 0.3) is 0 Å². The fourth-order valence-electron chi connectivity index (χ4n) is 7.14. The number of hydrogen-bond donors (Lipinski definition) is 0. The molecule has 256 valence electrons. The van der Waals surface area contributed by atoms with Crippen molar-refractivity contribution in [2.75, 3.05) is 0 Å². The van der Waals surface area contributed by atoms with Gasteiger partial charge in [-0.3, -0.25) is 4.98 Å². The largest absolute Gasteiger partial charge is 0.255 e. The number of benzene rings is 6. The lowest BCUT2D eigenvalue weighted by atomic mass is 9.92. The molecule has 3 nitrogen and oxygen atoms in total. The highest BCUT2D eigenvalue weighted by Gasteiger charge is 2.17. The second-order valence-electron chi connectivity index (χ2n) is 13.3. The zero-order valence-corrected chi connectivity index (χ0v) is 30.6. The molecule has 54 heavy (non-hydrogen) atoms. The molecule has 0 saturated carbocycles. The highest BCUT2D eigenvalue weighted by atomic mass is 32.1. The van der Waals surface area contributed by atoms with E-state index in [0.29, 0.717) is 5.82 Å². The van der Waals surface area contributed by atoms with Gasteiger partial charge < -0.3 is 0 Å². The predicted octanol–water partition coefficient (Wildman–Crippen LogP) is 13.9. The Morgan fingerprint density at radius 2 is 1.17 bits per heavy atom. The minimum Gasteiger partial charge on any atom is -0.255 e. The minimum absolute atomic E-state index is 0.681. The number of thiophene rings is 1. The molecule has 0 saturated heterocycles. The van der Waals surface area contributed by atoms with Crippen molar-refractivity contribution in [3.05, 3.63) is 188 Å². The summed E-state index contributed by atoms with van der Waals surface area (Å²) in [5.41, 5.74) is 14.7. The highest BCUT2D eigenvalue weighted by Crippen LogP contribution is 2.42. The Morgan fingerprint density at radius 1 is 0.519 bits per heavy atom. The number of hydrogen-bond acceptors (Lipinski definition) is 4. The quantitative estimate of drug-likeness (QED) is 0.158.